The van der Waals surface area contributed by atoms with Crippen molar-refractivity contribution >= 4 is 10.8 Å². The van der Waals surface area contributed by atoms with Gasteiger partial charge in [0.15, 0.2) is 0 Å². The summed E-state index contributed by atoms with van der Waals surface area (Å²) in [6.45, 7) is 0. The van der Waals surface area contributed by atoms with Gasteiger partial charge in [0.25, 0.3) is 0 Å². The quantitative estimate of drug-likeness (QED) is 0.217. The fourth-order valence-electron chi connectivity index (χ4n) is 7.69. The van der Waals surface area contributed by atoms with Gasteiger partial charge in [-0.1, -0.05) is 115 Å². The highest BCUT2D eigenvalue weighted by atomic mass is 14.7. The second-order valence-electron chi connectivity index (χ2n) is 11.4. The standard InChI is InChI=1S/C41H24N2/c42-25-26-20-21-43-39(22-26)28-11-9-10-27(23-28)34-24-38-40(32-15-2-1-12-29(32)34)33-16-5-8-19-37(33)41(38)35-17-6-3-13-30(35)31-14-4-7-18-36(31)41/h1-24H. The van der Waals surface area contributed by atoms with E-state index in [0.717, 1.165) is 16.8 Å². The molecule has 0 radical (unpaired) electrons. The fraction of sp³-hybridized carbons (Fsp3) is 0.0244. The maximum atomic E-state index is 9.49. The van der Waals surface area contributed by atoms with Gasteiger partial charge in [0.2, 0.25) is 0 Å². The van der Waals surface area contributed by atoms with E-state index in [-0.39, 0.29) is 0 Å². The Kier molecular flexibility index (Phi) is 4.92. The first-order valence-corrected chi connectivity index (χ1v) is 14.6. The number of fused-ring (bicyclic) bond motifs is 12. The van der Waals surface area contributed by atoms with Gasteiger partial charge >= 0.3 is 0 Å². The minimum Gasteiger partial charge on any atom is -0.256 e. The molecule has 2 nitrogen and oxygen atoms in total. The Labute approximate surface area is 250 Å². The van der Waals surface area contributed by atoms with Crippen LogP contribution < -0.4 is 0 Å². The third-order valence-corrected chi connectivity index (χ3v) is 9.36. The third kappa shape index (κ3) is 3.14. The predicted molar refractivity (Wildman–Crippen MR) is 174 cm³/mol. The van der Waals surface area contributed by atoms with Crippen molar-refractivity contribution in [3.8, 4) is 50.7 Å². The van der Waals surface area contributed by atoms with Gasteiger partial charge in [-0.05, 0) is 90.7 Å². The lowest BCUT2D eigenvalue weighted by atomic mass is 9.70. The zero-order valence-corrected chi connectivity index (χ0v) is 23.3. The lowest BCUT2D eigenvalue weighted by Crippen LogP contribution is -2.25. The van der Waals surface area contributed by atoms with Crippen molar-refractivity contribution in [3.05, 3.63) is 174 Å². The van der Waals surface area contributed by atoms with E-state index in [4.69, 9.17) is 0 Å². The normalized spacial score (nSPS) is 13.3. The molecule has 6 aromatic carbocycles. The molecule has 2 aliphatic rings. The summed E-state index contributed by atoms with van der Waals surface area (Å²) < 4.78 is 0. The molecule has 43 heavy (non-hydrogen) atoms. The van der Waals surface area contributed by atoms with Crippen molar-refractivity contribution in [1.29, 1.82) is 5.26 Å². The summed E-state index contributed by atoms with van der Waals surface area (Å²) in [4.78, 5) is 4.60. The van der Waals surface area contributed by atoms with E-state index < -0.39 is 5.41 Å². The summed E-state index contributed by atoms with van der Waals surface area (Å²) in [6, 6.07) is 52.6. The van der Waals surface area contributed by atoms with E-state index in [1.165, 1.54) is 60.8 Å². The van der Waals surface area contributed by atoms with Gasteiger partial charge in [-0.15, -0.1) is 0 Å². The molecule has 9 rings (SSSR count). The molecule has 0 bridgehead atoms. The van der Waals surface area contributed by atoms with Crippen LogP contribution in [0.5, 0.6) is 0 Å². The summed E-state index contributed by atoms with van der Waals surface area (Å²) in [5.74, 6) is 0. The van der Waals surface area contributed by atoms with E-state index in [0.29, 0.717) is 5.56 Å². The highest BCUT2D eigenvalue weighted by Gasteiger charge is 2.52. The molecule has 0 atom stereocenters. The zero-order chi connectivity index (χ0) is 28.5. The Morgan fingerprint density at radius 1 is 0.488 bits per heavy atom. The molecular weight excluding hydrogens is 520 g/mol. The maximum absolute atomic E-state index is 9.49. The van der Waals surface area contributed by atoms with Crippen molar-refractivity contribution < 1.29 is 0 Å². The molecule has 1 heterocycles. The van der Waals surface area contributed by atoms with Crippen molar-refractivity contribution in [2.75, 3.05) is 0 Å². The van der Waals surface area contributed by atoms with Crippen molar-refractivity contribution in [2.24, 2.45) is 0 Å². The predicted octanol–water partition coefficient (Wildman–Crippen LogP) is 9.78. The van der Waals surface area contributed by atoms with Gasteiger partial charge in [0, 0.05) is 11.8 Å². The minimum absolute atomic E-state index is 0.405. The average molecular weight is 545 g/mol. The third-order valence-electron chi connectivity index (χ3n) is 9.36. The van der Waals surface area contributed by atoms with Crippen LogP contribution in [0.15, 0.2) is 146 Å². The maximum Gasteiger partial charge on any atom is 0.0992 e. The highest BCUT2D eigenvalue weighted by molar-refractivity contribution is 6.11. The van der Waals surface area contributed by atoms with E-state index in [2.05, 4.69) is 138 Å². The summed E-state index contributed by atoms with van der Waals surface area (Å²) in [5.41, 5.74) is 14.9. The summed E-state index contributed by atoms with van der Waals surface area (Å²) in [7, 11) is 0. The molecule has 198 valence electrons. The highest BCUT2D eigenvalue weighted by Crippen LogP contribution is 2.64. The largest absolute Gasteiger partial charge is 0.256 e. The number of benzene rings is 6. The Morgan fingerprint density at radius 3 is 1.81 bits per heavy atom. The number of hydrogen-bond acceptors (Lipinski definition) is 2. The van der Waals surface area contributed by atoms with Gasteiger partial charge in [-0.3, -0.25) is 4.98 Å². The van der Waals surface area contributed by atoms with Gasteiger partial charge in [0.1, 0.15) is 0 Å². The summed E-state index contributed by atoms with van der Waals surface area (Å²) >= 11 is 0. The molecular formula is C41H24N2. The van der Waals surface area contributed by atoms with Crippen LogP contribution in [0.2, 0.25) is 0 Å². The molecule has 0 fully saturated rings. The van der Waals surface area contributed by atoms with Crippen LogP contribution in [0.3, 0.4) is 0 Å². The minimum atomic E-state index is -0.405. The lowest BCUT2D eigenvalue weighted by Gasteiger charge is -2.31. The molecule has 0 saturated carbocycles. The summed E-state index contributed by atoms with van der Waals surface area (Å²) in [5, 5.41) is 12.0. The lowest BCUT2D eigenvalue weighted by molar-refractivity contribution is 0.794. The molecule has 2 aliphatic carbocycles. The molecule has 2 heteroatoms. The van der Waals surface area contributed by atoms with Crippen LogP contribution in [-0.2, 0) is 5.41 Å². The van der Waals surface area contributed by atoms with Crippen molar-refractivity contribution in [2.45, 2.75) is 5.41 Å². The smallest absolute Gasteiger partial charge is 0.0992 e. The average Bonchev–Trinajstić information content (AvgIpc) is 3.55. The second kappa shape index (κ2) is 8.86. The van der Waals surface area contributed by atoms with Crippen LogP contribution in [0.25, 0.3) is 55.4 Å². The van der Waals surface area contributed by atoms with Crippen molar-refractivity contribution in [1.82, 2.24) is 4.98 Å². The molecule has 0 N–H and O–H groups in total. The molecule has 0 aliphatic heterocycles. The number of pyridine rings is 1. The number of hydrogen-bond donors (Lipinski definition) is 0. The van der Waals surface area contributed by atoms with E-state index in [1.54, 1.807) is 12.3 Å². The fourth-order valence-corrected chi connectivity index (χ4v) is 7.69. The number of aromatic nitrogens is 1. The molecule has 7 aromatic rings. The van der Waals surface area contributed by atoms with Crippen molar-refractivity contribution in [3.63, 3.8) is 0 Å². The molecule has 1 aromatic heterocycles. The second-order valence-corrected chi connectivity index (χ2v) is 11.4. The first-order valence-electron chi connectivity index (χ1n) is 14.6. The van der Waals surface area contributed by atoms with Gasteiger partial charge in [-0.25, -0.2) is 0 Å². The molecule has 0 saturated heterocycles. The first kappa shape index (κ1) is 23.9. The van der Waals surface area contributed by atoms with Gasteiger partial charge in [-0.2, -0.15) is 5.26 Å². The SMILES string of the molecule is N#Cc1ccnc(-c2cccc(-c3cc4c(c5ccccc35)-c3ccccc3C43c4ccccc4-c4ccccc43)c2)c1. The molecule has 0 amide bonds. The van der Waals surface area contributed by atoms with E-state index in [9.17, 15) is 5.26 Å². The molecule has 1 spiro atoms. The Hall–Kier alpha value is -5.78. The van der Waals surface area contributed by atoms with E-state index in [1.807, 2.05) is 6.07 Å². The van der Waals surface area contributed by atoms with Crippen LogP contribution in [0.1, 0.15) is 27.8 Å². The number of nitrogens with zero attached hydrogens (tertiary/aromatic N) is 2. The number of nitriles is 1. The Bertz CT molecular complexity index is 2280. The van der Waals surface area contributed by atoms with Gasteiger partial charge < -0.3 is 0 Å². The monoisotopic (exact) mass is 544 g/mol. The van der Waals surface area contributed by atoms with Crippen LogP contribution in [-0.4, -0.2) is 4.98 Å². The Balaban J connectivity index is 1.40. The Morgan fingerprint density at radius 2 is 1.09 bits per heavy atom. The summed E-state index contributed by atoms with van der Waals surface area (Å²) in [6.07, 6.45) is 1.71. The van der Waals surface area contributed by atoms with E-state index >= 15 is 0 Å². The first-order chi connectivity index (χ1) is 21.3. The van der Waals surface area contributed by atoms with Crippen LogP contribution >= 0.6 is 0 Å². The number of rotatable bonds is 2. The zero-order valence-electron chi connectivity index (χ0n) is 23.3. The topological polar surface area (TPSA) is 36.7 Å². The molecule has 0 unspecified atom stereocenters. The van der Waals surface area contributed by atoms with Crippen LogP contribution in [0.4, 0.5) is 0 Å². The van der Waals surface area contributed by atoms with Gasteiger partial charge in [0.05, 0.1) is 22.7 Å². The van der Waals surface area contributed by atoms with Crippen LogP contribution in [0, 0.1) is 11.3 Å².